The van der Waals surface area contributed by atoms with Gasteiger partial charge in [0.1, 0.15) is 11.9 Å². The number of halogens is 3. The number of nitrogens with one attached hydrogen (secondary N) is 2. The molecule has 0 aliphatic heterocycles. The van der Waals surface area contributed by atoms with Crippen LogP contribution < -0.4 is 10.6 Å². The van der Waals surface area contributed by atoms with E-state index >= 15 is 0 Å². The van der Waals surface area contributed by atoms with Gasteiger partial charge in [0.25, 0.3) is 0 Å². The van der Waals surface area contributed by atoms with Crippen molar-refractivity contribution in [2.45, 2.75) is 18.8 Å². The lowest BCUT2D eigenvalue weighted by Crippen LogP contribution is -2.34. The van der Waals surface area contributed by atoms with E-state index in [1.54, 1.807) is 24.3 Å². The van der Waals surface area contributed by atoms with Crippen LogP contribution in [0, 0.1) is 0 Å². The second-order valence-corrected chi connectivity index (χ2v) is 7.14. The number of aliphatic hydroxyl groups excluding tert-OH is 1. The van der Waals surface area contributed by atoms with Crippen LogP contribution in [0.15, 0.2) is 59.2 Å². The number of benzene rings is 1. The van der Waals surface area contributed by atoms with Gasteiger partial charge in [0.2, 0.25) is 0 Å². The summed E-state index contributed by atoms with van der Waals surface area (Å²) >= 11 is 1.22. The first kappa shape index (κ1) is 20.6. The largest absolute Gasteiger partial charge is 0.466 e. The van der Waals surface area contributed by atoms with E-state index in [2.05, 4.69) is 10.6 Å². The van der Waals surface area contributed by atoms with Crippen molar-refractivity contribution in [3.8, 4) is 0 Å². The van der Waals surface area contributed by atoms with Crippen molar-refractivity contribution in [2.24, 2.45) is 0 Å². The molecule has 2 amide bonds. The molecule has 1 aromatic carbocycles. The minimum absolute atomic E-state index is 0.0182. The second-order valence-electron chi connectivity index (χ2n) is 5.94. The van der Waals surface area contributed by atoms with Gasteiger partial charge in [-0.15, -0.1) is 11.3 Å². The molecular weight excluding hydrogens is 409 g/mol. The predicted molar refractivity (Wildman–Crippen MR) is 99.0 cm³/mol. The van der Waals surface area contributed by atoms with Gasteiger partial charge < -0.3 is 20.2 Å². The van der Waals surface area contributed by atoms with E-state index in [4.69, 9.17) is 4.42 Å². The normalized spacial score (nSPS) is 12.4. The summed E-state index contributed by atoms with van der Waals surface area (Å²) in [5.74, 6) is -1.71. The number of anilines is 1. The fourth-order valence-electron chi connectivity index (χ4n) is 2.43. The zero-order valence-electron chi connectivity index (χ0n) is 14.7. The van der Waals surface area contributed by atoms with Crippen LogP contribution in [-0.4, -0.2) is 16.9 Å². The Labute approximate surface area is 167 Å². The monoisotopic (exact) mass is 424 g/mol. The van der Waals surface area contributed by atoms with Gasteiger partial charge in [-0.05, 0) is 42.5 Å². The van der Waals surface area contributed by atoms with Gasteiger partial charge in [-0.2, -0.15) is 13.2 Å². The molecule has 29 heavy (non-hydrogen) atoms. The molecular formula is C19H15F3N2O4S. The van der Waals surface area contributed by atoms with Crippen molar-refractivity contribution >= 4 is 28.8 Å². The summed E-state index contributed by atoms with van der Waals surface area (Å²) in [4.78, 5) is 25.1. The maximum atomic E-state index is 12.7. The van der Waals surface area contributed by atoms with Crippen molar-refractivity contribution < 1.29 is 32.3 Å². The number of carbonyl (C=O) groups is 2. The van der Waals surface area contributed by atoms with E-state index in [1.165, 1.54) is 23.7 Å². The predicted octanol–water partition coefficient (Wildman–Crippen LogP) is 3.70. The molecule has 0 unspecified atom stereocenters. The van der Waals surface area contributed by atoms with Crippen LogP contribution in [0.2, 0.25) is 0 Å². The van der Waals surface area contributed by atoms with E-state index in [9.17, 15) is 27.9 Å². The highest BCUT2D eigenvalue weighted by Gasteiger charge is 2.30. The number of thiophene rings is 1. The Bertz CT molecular complexity index is 999. The standard InChI is InChI=1S/C19H15F3N2O4S/c20-19(21,22)11-3-1-4-12(9-11)24-18(27)17(26)23-10-13-6-7-15(29-13)16(25)14-5-2-8-28-14/h1-9,16,25H,10H2,(H,23,26)(H,24,27)/t16-/m0/s1. The Hall–Kier alpha value is -3.11. The molecule has 2 aromatic heterocycles. The number of alkyl halides is 3. The molecule has 3 N–H and O–H groups in total. The van der Waals surface area contributed by atoms with Crippen molar-refractivity contribution in [1.29, 1.82) is 0 Å². The molecule has 10 heteroatoms. The molecule has 0 aliphatic rings. The fourth-order valence-corrected chi connectivity index (χ4v) is 3.38. The van der Waals surface area contributed by atoms with Gasteiger partial charge in [-0.25, -0.2) is 0 Å². The highest BCUT2D eigenvalue weighted by molar-refractivity contribution is 7.12. The Balaban J connectivity index is 1.55. The lowest BCUT2D eigenvalue weighted by atomic mass is 10.2. The third-order valence-corrected chi connectivity index (χ3v) is 4.98. The van der Waals surface area contributed by atoms with Crippen LogP contribution >= 0.6 is 11.3 Å². The quantitative estimate of drug-likeness (QED) is 0.545. The van der Waals surface area contributed by atoms with E-state index in [1.807, 2.05) is 0 Å². The molecule has 152 valence electrons. The third kappa shape index (κ3) is 5.24. The van der Waals surface area contributed by atoms with Gasteiger partial charge in [-0.3, -0.25) is 9.59 Å². The van der Waals surface area contributed by atoms with Gasteiger partial charge in [-0.1, -0.05) is 6.07 Å². The fraction of sp³-hybridized carbons (Fsp3) is 0.158. The smallest absolute Gasteiger partial charge is 0.416 e. The summed E-state index contributed by atoms with van der Waals surface area (Å²) in [5, 5.41) is 14.7. The Morgan fingerprint density at radius 1 is 1.10 bits per heavy atom. The SMILES string of the molecule is O=C(NCc1ccc([C@@H](O)c2ccco2)s1)C(=O)Nc1cccc(C(F)(F)F)c1. The molecule has 0 saturated carbocycles. The Morgan fingerprint density at radius 2 is 1.90 bits per heavy atom. The van der Waals surface area contributed by atoms with Crippen molar-refractivity contribution in [1.82, 2.24) is 5.32 Å². The van der Waals surface area contributed by atoms with E-state index < -0.39 is 29.7 Å². The van der Waals surface area contributed by atoms with Gasteiger partial charge >= 0.3 is 18.0 Å². The molecule has 0 fully saturated rings. The number of amides is 2. The van der Waals surface area contributed by atoms with Gasteiger partial charge in [0.15, 0.2) is 0 Å². The number of furan rings is 1. The lowest BCUT2D eigenvalue weighted by molar-refractivity contribution is -0.137. The number of rotatable bonds is 5. The highest BCUT2D eigenvalue weighted by Crippen LogP contribution is 2.31. The number of aliphatic hydroxyl groups is 1. The summed E-state index contributed by atoms with van der Waals surface area (Å²) in [6.07, 6.45) is -4.06. The molecule has 3 rings (SSSR count). The minimum Gasteiger partial charge on any atom is -0.466 e. The van der Waals surface area contributed by atoms with Crippen LogP contribution in [0.1, 0.15) is 27.2 Å². The van der Waals surface area contributed by atoms with Crippen molar-refractivity contribution in [2.75, 3.05) is 5.32 Å². The van der Waals surface area contributed by atoms with Gasteiger partial charge in [0, 0.05) is 15.4 Å². The molecule has 0 spiro atoms. The number of hydrogen-bond donors (Lipinski definition) is 3. The van der Waals surface area contributed by atoms with Crippen molar-refractivity contribution in [3.05, 3.63) is 75.9 Å². The summed E-state index contributed by atoms with van der Waals surface area (Å²) in [6.45, 7) is 0.0182. The average Bonchev–Trinajstić information content (AvgIpc) is 3.37. The maximum absolute atomic E-state index is 12.7. The highest BCUT2D eigenvalue weighted by atomic mass is 32.1. The first-order valence-corrected chi connectivity index (χ1v) is 9.12. The topological polar surface area (TPSA) is 91.6 Å². The Morgan fingerprint density at radius 3 is 2.59 bits per heavy atom. The number of hydrogen-bond acceptors (Lipinski definition) is 5. The zero-order chi connectivity index (χ0) is 21.0. The summed E-state index contributed by atoms with van der Waals surface area (Å²) < 4.78 is 43.3. The zero-order valence-corrected chi connectivity index (χ0v) is 15.5. The third-order valence-electron chi connectivity index (χ3n) is 3.84. The van der Waals surface area contributed by atoms with Crippen LogP contribution in [0.3, 0.4) is 0 Å². The van der Waals surface area contributed by atoms with E-state index in [0.29, 0.717) is 15.5 Å². The van der Waals surface area contributed by atoms with E-state index in [-0.39, 0.29) is 12.2 Å². The molecule has 3 aromatic rings. The molecule has 0 saturated heterocycles. The van der Waals surface area contributed by atoms with Crippen LogP contribution in [0.4, 0.5) is 18.9 Å². The minimum atomic E-state index is -4.56. The van der Waals surface area contributed by atoms with Crippen LogP contribution in [0.25, 0.3) is 0 Å². The first-order chi connectivity index (χ1) is 13.7. The summed E-state index contributed by atoms with van der Waals surface area (Å²) in [7, 11) is 0. The number of carbonyl (C=O) groups excluding carboxylic acids is 2. The second kappa shape index (κ2) is 8.50. The molecule has 0 radical (unpaired) electrons. The average molecular weight is 424 g/mol. The first-order valence-electron chi connectivity index (χ1n) is 8.30. The van der Waals surface area contributed by atoms with Crippen LogP contribution in [0.5, 0.6) is 0 Å². The molecule has 0 aliphatic carbocycles. The maximum Gasteiger partial charge on any atom is 0.416 e. The molecule has 6 nitrogen and oxygen atoms in total. The molecule has 2 heterocycles. The van der Waals surface area contributed by atoms with E-state index in [0.717, 1.165) is 18.2 Å². The van der Waals surface area contributed by atoms with Gasteiger partial charge in [0.05, 0.1) is 18.4 Å². The Kier molecular flexibility index (Phi) is 6.04. The van der Waals surface area contributed by atoms with Crippen LogP contribution in [-0.2, 0) is 22.3 Å². The van der Waals surface area contributed by atoms with Crippen molar-refractivity contribution in [3.63, 3.8) is 0 Å². The lowest BCUT2D eigenvalue weighted by Gasteiger charge is -2.10. The molecule has 0 bridgehead atoms. The molecule has 1 atom stereocenters. The summed E-state index contributed by atoms with van der Waals surface area (Å²) in [5.41, 5.74) is -1.07. The summed E-state index contributed by atoms with van der Waals surface area (Å²) in [6, 6.07) is 10.6.